The zero-order valence-corrected chi connectivity index (χ0v) is 11.3. The third-order valence-electron chi connectivity index (χ3n) is 3.90. The summed E-state index contributed by atoms with van der Waals surface area (Å²) in [6, 6.07) is 1.71. The van der Waals surface area contributed by atoms with E-state index in [-0.39, 0.29) is 18.3 Å². The lowest BCUT2D eigenvalue weighted by molar-refractivity contribution is 0.0734. The summed E-state index contributed by atoms with van der Waals surface area (Å²) in [7, 11) is 0. The summed E-state index contributed by atoms with van der Waals surface area (Å²) in [6.07, 6.45) is 2.27. The van der Waals surface area contributed by atoms with Crippen LogP contribution in [0.5, 0.6) is 0 Å². The van der Waals surface area contributed by atoms with E-state index in [4.69, 9.17) is 4.52 Å². The lowest BCUT2D eigenvalue weighted by Gasteiger charge is -2.22. The van der Waals surface area contributed by atoms with Crippen molar-refractivity contribution in [3.05, 3.63) is 17.5 Å². The normalized spacial score (nSPS) is 26.6. The van der Waals surface area contributed by atoms with Crippen molar-refractivity contribution in [2.45, 2.75) is 19.8 Å². The van der Waals surface area contributed by atoms with Gasteiger partial charge in [0.1, 0.15) is 0 Å². The van der Waals surface area contributed by atoms with E-state index in [1.807, 2.05) is 11.8 Å². The summed E-state index contributed by atoms with van der Waals surface area (Å²) in [4.78, 5) is 14.1. The molecule has 1 spiro atoms. The number of rotatable bonds is 1. The maximum atomic E-state index is 12.2. The Labute approximate surface area is 112 Å². The highest BCUT2D eigenvalue weighted by Crippen LogP contribution is 2.36. The van der Waals surface area contributed by atoms with Crippen LogP contribution in [-0.4, -0.2) is 42.1 Å². The van der Waals surface area contributed by atoms with Crippen molar-refractivity contribution in [1.29, 1.82) is 0 Å². The van der Waals surface area contributed by atoms with Crippen LogP contribution in [0.25, 0.3) is 0 Å². The van der Waals surface area contributed by atoms with Crippen molar-refractivity contribution in [3.8, 4) is 0 Å². The maximum absolute atomic E-state index is 12.2. The molecule has 18 heavy (non-hydrogen) atoms. The Morgan fingerprint density at radius 2 is 2.39 bits per heavy atom. The first kappa shape index (κ1) is 13.4. The highest BCUT2D eigenvalue weighted by atomic mass is 35.5. The smallest absolute Gasteiger partial charge is 0.292 e. The molecule has 2 aliphatic rings. The minimum absolute atomic E-state index is 0. The van der Waals surface area contributed by atoms with Crippen molar-refractivity contribution in [3.63, 3.8) is 0 Å². The average Bonchev–Trinajstić information content (AvgIpc) is 3.02. The molecule has 0 radical (unpaired) electrons. The molecular formula is C12H18ClN3O2. The number of carbonyl (C=O) groups excluding carboxylic acids is 1. The molecule has 1 unspecified atom stereocenters. The zero-order valence-electron chi connectivity index (χ0n) is 10.4. The van der Waals surface area contributed by atoms with Crippen molar-refractivity contribution in [2.24, 2.45) is 5.41 Å². The maximum Gasteiger partial charge on any atom is 0.292 e. The number of amides is 1. The van der Waals surface area contributed by atoms with Gasteiger partial charge in [0, 0.05) is 31.1 Å². The monoisotopic (exact) mass is 271 g/mol. The molecule has 5 nitrogen and oxygen atoms in total. The second kappa shape index (κ2) is 4.90. The molecule has 2 saturated heterocycles. The SMILES string of the molecule is Cc1cc(C(=O)N2CCC3(CCNC3)C2)on1.Cl. The van der Waals surface area contributed by atoms with Gasteiger partial charge in [-0.1, -0.05) is 5.16 Å². The largest absolute Gasteiger partial charge is 0.351 e. The number of carbonyl (C=O) groups is 1. The van der Waals surface area contributed by atoms with Gasteiger partial charge in [-0.25, -0.2) is 0 Å². The number of likely N-dealkylation sites (tertiary alicyclic amines) is 1. The van der Waals surface area contributed by atoms with E-state index in [1.54, 1.807) is 6.07 Å². The fraction of sp³-hybridized carbons (Fsp3) is 0.667. The number of nitrogens with zero attached hydrogens (tertiary/aromatic N) is 2. The van der Waals surface area contributed by atoms with Crippen molar-refractivity contribution in [2.75, 3.05) is 26.2 Å². The third-order valence-corrected chi connectivity index (χ3v) is 3.90. The first-order chi connectivity index (χ1) is 8.19. The summed E-state index contributed by atoms with van der Waals surface area (Å²) in [5, 5.41) is 7.15. The van der Waals surface area contributed by atoms with Crippen LogP contribution < -0.4 is 5.32 Å². The molecule has 1 amide bonds. The molecule has 3 rings (SSSR count). The highest BCUT2D eigenvalue weighted by Gasteiger charge is 2.42. The van der Waals surface area contributed by atoms with Gasteiger partial charge in [0.05, 0.1) is 5.69 Å². The predicted octanol–water partition coefficient (Wildman–Crippen LogP) is 1.23. The first-order valence-electron chi connectivity index (χ1n) is 6.12. The molecule has 0 bridgehead atoms. The van der Waals surface area contributed by atoms with Crippen LogP contribution in [0.4, 0.5) is 0 Å². The van der Waals surface area contributed by atoms with Crippen LogP contribution in [0, 0.1) is 12.3 Å². The van der Waals surface area contributed by atoms with Gasteiger partial charge in [-0.05, 0) is 26.3 Å². The van der Waals surface area contributed by atoms with Gasteiger partial charge in [-0.3, -0.25) is 4.79 Å². The van der Waals surface area contributed by atoms with Crippen LogP contribution >= 0.6 is 12.4 Å². The summed E-state index contributed by atoms with van der Waals surface area (Å²) in [5.74, 6) is 0.347. The van der Waals surface area contributed by atoms with Crippen LogP contribution in [0.2, 0.25) is 0 Å². The lowest BCUT2D eigenvalue weighted by atomic mass is 9.87. The fourth-order valence-electron chi connectivity index (χ4n) is 2.87. The van der Waals surface area contributed by atoms with Crippen molar-refractivity contribution in [1.82, 2.24) is 15.4 Å². The van der Waals surface area contributed by atoms with E-state index < -0.39 is 0 Å². The minimum atomic E-state index is -0.0191. The second-order valence-electron chi connectivity index (χ2n) is 5.24. The van der Waals surface area contributed by atoms with Crippen molar-refractivity contribution >= 4 is 18.3 Å². The molecule has 100 valence electrons. The quantitative estimate of drug-likeness (QED) is 0.835. The van der Waals surface area contributed by atoms with Gasteiger partial charge in [-0.2, -0.15) is 0 Å². The topological polar surface area (TPSA) is 58.4 Å². The summed E-state index contributed by atoms with van der Waals surface area (Å²) in [5.41, 5.74) is 1.06. The number of aromatic nitrogens is 1. The Morgan fingerprint density at radius 3 is 3.00 bits per heavy atom. The summed E-state index contributed by atoms with van der Waals surface area (Å²) >= 11 is 0. The highest BCUT2D eigenvalue weighted by molar-refractivity contribution is 5.91. The number of nitrogens with one attached hydrogen (secondary N) is 1. The molecule has 1 aromatic heterocycles. The average molecular weight is 272 g/mol. The van der Waals surface area contributed by atoms with Gasteiger partial charge in [0.2, 0.25) is 5.76 Å². The second-order valence-corrected chi connectivity index (χ2v) is 5.24. The predicted molar refractivity (Wildman–Crippen MR) is 68.9 cm³/mol. The number of hydrogen-bond acceptors (Lipinski definition) is 4. The molecule has 6 heteroatoms. The molecule has 1 aromatic rings. The zero-order chi connectivity index (χ0) is 11.9. The van der Waals surface area contributed by atoms with Gasteiger partial charge in [0.15, 0.2) is 0 Å². The minimum Gasteiger partial charge on any atom is -0.351 e. The van der Waals surface area contributed by atoms with Crippen molar-refractivity contribution < 1.29 is 9.32 Å². The first-order valence-corrected chi connectivity index (χ1v) is 6.12. The van der Waals surface area contributed by atoms with E-state index in [0.717, 1.165) is 38.3 Å². The van der Waals surface area contributed by atoms with Crippen LogP contribution in [0.3, 0.4) is 0 Å². The molecule has 0 aromatic carbocycles. The van der Waals surface area contributed by atoms with Gasteiger partial charge >= 0.3 is 0 Å². The Balaban J connectivity index is 0.00000120. The van der Waals surface area contributed by atoms with Gasteiger partial charge in [0.25, 0.3) is 5.91 Å². The summed E-state index contributed by atoms with van der Waals surface area (Å²) in [6.45, 7) is 5.61. The third kappa shape index (κ3) is 2.24. The molecule has 2 fully saturated rings. The van der Waals surface area contributed by atoms with Crippen LogP contribution in [-0.2, 0) is 0 Å². The van der Waals surface area contributed by atoms with E-state index in [0.29, 0.717) is 11.2 Å². The molecular weight excluding hydrogens is 254 g/mol. The Morgan fingerprint density at radius 1 is 1.56 bits per heavy atom. The standard InChI is InChI=1S/C12H17N3O2.ClH/c1-9-6-10(17-14-9)11(16)15-5-3-12(8-15)2-4-13-7-12;/h6,13H,2-5,7-8H2,1H3;1H. The Bertz CT molecular complexity index is 440. The molecule has 3 heterocycles. The van der Waals surface area contributed by atoms with Crippen LogP contribution in [0.15, 0.2) is 10.6 Å². The number of aryl methyl sites for hydroxylation is 1. The Kier molecular flexibility index (Phi) is 3.64. The fourth-order valence-corrected chi connectivity index (χ4v) is 2.87. The number of hydrogen-bond donors (Lipinski definition) is 1. The van der Waals surface area contributed by atoms with E-state index in [1.165, 1.54) is 6.42 Å². The lowest BCUT2D eigenvalue weighted by Crippen LogP contribution is -2.33. The van der Waals surface area contributed by atoms with Crippen LogP contribution in [0.1, 0.15) is 29.1 Å². The number of halogens is 1. The molecule has 0 aliphatic carbocycles. The van der Waals surface area contributed by atoms with Gasteiger partial charge < -0.3 is 14.7 Å². The molecule has 0 saturated carbocycles. The molecule has 2 aliphatic heterocycles. The summed E-state index contributed by atoms with van der Waals surface area (Å²) < 4.78 is 5.03. The van der Waals surface area contributed by atoms with E-state index in [9.17, 15) is 4.79 Å². The molecule has 1 atom stereocenters. The molecule has 1 N–H and O–H groups in total. The Hall–Kier alpha value is -1.07. The van der Waals surface area contributed by atoms with Gasteiger partial charge in [-0.15, -0.1) is 12.4 Å². The van der Waals surface area contributed by atoms with E-state index in [2.05, 4.69) is 10.5 Å². The van der Waals surface area contributed by atoms with E-state index >= 15 is 0 Å².